The predicted octanol–water partition coefficient (Wildman–Crippen LogP) is 4.10. The van der Waals surface area contributed by atoms with E-state index in [0.29, 0.717) is 6.54 Å². The van der Waals surface area contributed by atoms with Crippen molar-refractivity contribution in [2.45, 2.75) is 69.4 Å². The molecule has 1 aromatic carbocycles. The molecule has 31 heavy (non-hydrogen) atoms. The molecule has 0 saturated carbocycles. The maximum atomic E-state index is 12.9. The quantitative estimate of drug-likeness (QED) is 0.742. The van der Waals surface area contributed by atoms with Crippen LogP contribution in [-0.4, -0.2) is 32.4 Å². The molecule has 0 radical (unpaired) electrons. The van der Waals surface area contributed by atoms with Gasteiger partial charge >= 0.3 is 6.03 Å². The number of urea groups is 1. The molecule has 0 spiro atoms. The first kappa shape index (κ1) is 20.6. The van der Waals surface area contributed by atoms with E-state index < -0.39 is 16.1 Å². The number of hydrogen-bond donors (Lipinski definition) is 2. The van der Waals surface area contributed by atoms with Crippen LogP contribution in [0.5, 0.6) is 0 Å². The molecule has 2 aromatic rings. The van der Waals surface area contributed by atoms with Crippen LogP contribution in [0.3, 0.4) is 0 Å². The van der Waals surface area contributed by atoms with E-state index in [0.717, 1.165) is 73.3 Å². The summed E-state index contributed by atoms with van der Waals surface area (Å²) < 4.78 is 33.8. The van der Waals surface area contributed by atoms with Gasteiger partial charge in [0.2, 0.25) is 5.09 Å². The summed E-state index contributed by atoms with van der Waals surface area (Å²) in [5.41, 5.74) is 5.03. The molecule has 1 aliphatic carbocycles. The Hall–Kier alpha value is -2.32. The second kappa shape index (κ2) is 7.67. The van der Waals surface area contributed by atoms with Crippen molar-refractivity contribution in [3.05, 3.63) is 46.2 Å². The minimum Gasteiger partial charge on any atom is -0.447 e. The molecule has 7 nitrogen and oxygen atoms in total. The molecule has 0 atom stereocenters. The number of aryl methyl sites for hydroxylation is 1. The number of piperidine rings is 1. The van der Waals surface area contributed by atoms with Gasteiger partial charge in [0.25, 0.3) is 10.0 Å². The summed E-state index contributed by atoms with van der Waals surface area (Å²) in [4.78, 5) is 15.1. The first-order valence-electron chi connectivity index (χ1n) is 11.1. The lowest BCUT2D eigenvalue weighted by Crippen LogP contribution is -2.35. The topological polar surface area (TPSA) is 91.7 Å². The molecule has 4 aliphatic rings. The van der Waals surface area contributed by atoms with Crippen molar-refractivity contribution >= 4 is 21.7 Å². The zero-order valence-electron chi connectivity index (χ0n) is 18.0. The lowest BCUT2D eigenvalue weighted by molar-refractivity contribution is 0.212. The third kappa shape index (κ3) is 3.76. The molecule has 6 rings (SSSR count). The molecule has 0 unspecified atom stereocenters. The van der Waals surface area contributed by atoms with Crippen LogP contribution in [0.1, 0.15) is 73.0 Å². The van der Waals surface area contributed by atoms with Gasteiger partial charge in [0.05, 0.1) is 0 Å². The molecule has 1 aromatic heterocycles. The van der Waals surface area contributed by atoms with Gasteiger partial charge in [-0.15, -0.1) is 0 Å². The summed E-state index contributed by atoms with van der Waals surface area (Å²) in [5, 5.41) is 2.66. The van der Waals surface area contributed by atoms with Crippen LogP contribution in [0.4, 0.5) is 10.5 Å². The number of fused-ring (bicyclic) bond motifs is 3. The highest BCUT2D eigenvalue weighted by atomic mass is 32.2. The van der Waals surface area contributed by atoms with Crippen molar-refractivity contribution in [1.29, 1.82) is 0 Å². The highest BCUT2D eigenvalue weighted by Gasteiger charge is 2.34. The van der Waals surface area contributed by atoms with E-state index in [2.05, 4.69) is 34.9 Å². The minimum absolute atomic E-state index is 0.177. The van der Waals surface area contributed by atoms with Crippen LogP contribution in [-0.2, 0) is 29.4 Å². The number of carbonyl (C=O) groups excluding carboxylic acids is 1. The van der Waals surface area contributed by atoms with Gasteiger partial charge in [0.1, 0.15) is 5.76 Å². The predicted molar refractivity (Wildman–Crippen MR) is 118 cm³/mol. The zero-order chi connectivity index (χ0) is 21.8. The average molecular weight is 444 g/mol. The molecule has 3 aliphatic heterocycles. The normalized spacial score (nSPS) is 22.2. The first-order valence-corrected chi connectivity index (χ1v) is 12.6. The molecule has 8 heteroatoms. The number of sulfonamides is 1. The van der Waals surface area contributed by atoms with Crippen LogP contribution in [0.25, 0.3) is 0 Å². The third-order valence-electron chi connectivity index (χ3n) is 6.84. The fraction of sp³-hybridized carbons (Fsp3) is 0.522. The van der Waals surface area contributed by atoms with Crippen molar-refractivity contribution in [3.8, 4) is 0 Å². The zero-order valence-corrected chi connectivity index (χ0v) is 18.8. The van der Waals surface area contributed by atoms with E-state index in [1.165, 1.54) is 5.56 Å². The lowest BCUT2D eigenvalue weighted by Gasteiger charge is -2.26. The Morgan fingerprint density at radius 3 is 2.68 bits per heavy atom. The standard InChI is InChI=1S/C23H29N3O4S/c1-14(2)18-7-6-15-4-3-5-19(15)21(18)24-23(27)25-31(28,29)20-12-17-13-26-10-8-16(9-11-26)22(17)30-20/h6-7,12,14,16H,3-5,8-11,13H2,1-2H3,(H2,24,25,27). The third-order valence-corrected chi connectivity index (χ3v) is 8.02. The van der Waals surface area contributed by atoms with Crippen molar-refractivity contribution in [2.24, 2.45) is 0 Å². The Bertz CT molecular complexity index is 1130. The Balaban J connectivity index is 1.38. The highest BCUT2D eigenvalue weighted by molar-refractivity contribution is 7.89. The number of anilines is 1. The second-order valence-corrected chi connectivity index (χ2v) is 10.9. The number of nitrogens with one attached hydrogen (secondary N) is 2. The van der Waals surface area contributed by atoms with Crippen molar-refractivity contribution < 1.29 is 17.6 Å². The van der Waals surface area contributed by atoms with Crippen molar-refractivity contribution in [1.82, 2.24) is 9.62 Å². The first-order chi connectivity index (χ1) is 14.8. The fourth-order valence-electron chi connectivity index (χ4n) is 5.24. The number of furan rings is 1. The number of carbonyl (C=O) groups is 1. The molecule has 166 valence electrons. The summed E-state index contributed by atoms with van der Waals surface area (Å²) in [6, 6.07) is 4.99. The molecular formula is C23H29N3O4S. The number of benzene rings is 1. The van der Waals surface area contributed by atoms with Gasteiger partial charge in [-0.3, -0.25) is 4.90 Å². The van der Waals surface area contributed by atoms with Gasteiger partial charge < -0.3 is 9.73 Å². The number of rotatable bonds is 4. The Kier molecular flexibility index (Phi) is 5.09. The van der Waals surface area contributed by atoms with E-state index in [9.17, 15) is 13.2 Å². The molecule has 1 saturated heterocycles. The summed E-state index contributed by atoms with van der Waals surface area (Å²) in [6.45, 7) is 6.85. The van der Waals surface area contributed by atoms with Crippen LogP contribution in [0.2, 0.25) is 0 Å². The van der Waals surface area contributed by atoms with Crippen molar-refractivity contribution in [3.63, 3.8) is 0 Å². The molecular weight excluding hydrogens is 414 g/mol. The summed E-state index contributed by atoms with van der Waals surface area (Å²) in [5.74, 6) is 1.24. The summed E-state index contributed by atoms with van der Waals surface area (Å²) >= 11 is 0. The van der Waals surface area contributed by atoms with Crippen LogP contribution >= 0.6 is 0 Å². The van der Waals surface area contributed by atoms with Gasteiger partial charge in [-0.25, -0.2) is 9.52 Å². The Morgan fingerprint density at radius 2 is 1.94 bits per heavy atom. The summed E-state index contributed by atoms with van der Waals surface area (Å²) in [6.07, 6.45) is 4.87. The SMILES string of the molecule is CC(C)c1ccc2c(c1NC(=O)NS(=O)(=O)c1cc3c(o1)C1CCN(CC1)C3)CCC2. The monoisotopic (exact) mass is 443 g/mol. The highest BCUT2D eigenvalue weighted by Crippen LogP contribution is 2.38. The van der Waals surface area contributed by atoms with E-state index in [4.69, 9.17) is 4.42 Å². The molecule has 2 amide bonds. The van der Waals surface area contributed by atoms with Crippen LogP contribution in [0, 0.1) is 0 Å². The van der Waals surface area contributed by atoms with Gasteiger partial charge in [0.15, 0.2) is 0 Å². The van der Waals surface area contributed by atoms with Crippen LogP contribution < -0.4 is 10.0 Å². The van der Waals surface area contributed by atoms with Gasteiger partial charge in [-0.1, -0.05) is 26.0 Å². The molecule has 2 bridgehead atoms. The molecule has 1 fully saturated rings. The van der Waals surface area contributed by atoms with E-state index >= 15 is 0 Å². The van der Waals surface area contributed by atoms with E-state index in [-0.39, 0.29) is 16.9 Å². The van der Waals surface area contributed by atoms with E-state index in [1.807, 2.05) is 6.07 Å². The maximum Gasteiger partial charge on any atom is 0.333 e. The number of nitrogens with zero attached hydrogens (tertiary/aromatic N) is 1. The molecule has 4 heterocycles. The largest absolute Gasteiger partial charge is 0.447 e. The van der Waals surface area contributed by atoms with Gasteiger partial charge in [0, 0.05) is 29.8 Å². The molecule has 2 N–H and O–H groups in total. The van der Waals surface area contributed by atoms with Gasteiger partial charge in [-0.05, 0) is 67.8 Å². The second-order valence-electron chi connectivity index (χ2n) is 9.24. The Labute approximate surface area is 183 Å². The Morgan fingerprint density at radius 1 is 1.16 bits per heavy atom. The van der Waals surface area contributed by atoms with Crippen molar-refractivity contribution in [2.75, 3.05) is 18.4 Å². The number of hydrogen-bond acceptors (Lipinski definition) is 5. The minimum atomic E-state index is -4.10. The summed E-state index contributed by atoms with van der Waals surface area (Å²) in [7, 11) is -4.10. The van der Waals surface area contributed by atoms with Crippen LogP contribution in [0.15, 0.2) is 27.7 Å². The maximum absolute atomic E-state index is 12.9. The number of amides is 2. The lowest BCUT2D eigenvalue weighted by atomic mass is 9.95. The smallest absolute Gasteiger partial charge is 0.333 e. The fourth-order valence-corrected chi connectivity index (χ4v) is 6.13. The van der Waals surface area contributed by atoms with Gasteiger partial charge in [-0.2, -0.15) is 8.42 Å². The van der Waals surface area contributed by atoms with E-state index in [1.54, 1.807) is 6.07 Å². The average Bonchev–Trinajstić information content (AvgIpc) is 3.30.